The number of carboxylic acids is 1. The lowest BCUT2D eigenvalue weighted by molar-refractivity contribution is -0.149. The van der Waals surface area contributed by atoms with Gasteiger partial charge in [0, 0.05) is 29.0 Å². The molecule has 1 aromatic carbocycles. The molecule has 2 aliphatic rings. The first-order valence-corrected chi connectivity index (χ1v) is 8.18. The number of carbonyl (C=O) groups excluding carboxylic acids is 1. The van der Waals surface area contributed by atoms with Gasteiger partial charge in [-0.25, -0.2) is 0 Å². The molecule has 0 radical (unpaired) electrons. The number of nitrogens with zero attached hydrogens (tertiary/aromatic N) is 1. The van der Waals surface area contributed by atoms with E-state index in [4.69, 9.17) is 11.6 Å². The summed E-state index contributed by atoms with van der Waals surface area (Å²) in [5.41, 5.74) is 0.557. The minimum absolute atomic E-state index is 0.0720. The highest BCUT2D eigenvalue weighted by molar-refractivity contribution is 6.31. The van der Waals surface area contributed by atoms with Gasteiger partial charge < -0.3 is 15.0 Å². The van der Waals surface area contributed by atoms with Crippen LogP contribution in [0.2, 0.25) is 5.02 Å². The minimum Gasteiger partial charge on any atom is -0.481 e. The normalized spacial score (nSPS) is 26.7. The predicted molar refractivity (Wildman–Crippen MR) is 86.6 cm³/mol. The number of rotatable bonds is 2. The van der Waals surface area contributed by atoms with E-state index in [1.165, 1.54) is 0 Å². The lowest BCUT2D eigenvalue weighted by Crippen LogP contribution is -2.37. The molecule has 1 aromatic heterocycles. The summed E-state index contributed by atoms with van der Waals surface area (Å²) in [5.74, 6) is -0.825. The van der Waals surface area contributed by atoms with Crippen LogP contribution in [0.1, 0.15) is 29.8 Å². The van der Waals surface area contributed by atoms with Crippen LogP contribution in [-0.4, -0.2) is 40.0 Å². The third kappa shape index (κ3) is 2.14. The van der Waals surface area contributed by atoms with E-state index in [2.05, 4.69) is 4.98 Å². The second-order valence-electron chi connectivity index (χ2n) is 6.65. The Kier molecular flexibility index (Phi) is 3.17. The van der Waals surface area contributed by atoms with Crippen molar-refractivity contribution in [3.05, 3.63) is 35.0 Å². The van der Waals surface area contributed by atoms with Crippen LogP contribution in [0, 0.1) is 11.3 Å². The predicted octanol–water partition coefficient (Wildman–Crippen LogP) is 3.15. The molecule has 2 aromatic rings. The fraction of sp³-hybridized carbons (Fsp3) is 0.412. The number of likely N-dealkylation sites (tertiary alicyclic amines) is 1. The van der Waals surface area contributed by atoms with Crippen LogP contribution in [-0.2, 0) is 4.79 Å². The van der Waals surface area contributed by atoms with Crippen molar-refractivity contribution in [3.63, 3.8) is 0 Å². The monoisotopic (exact) mass is 332 g/mol. The van der Waals surface area contributed by atoms with E-state index in [0.717, 1.165) is 23.7 Å². The van der Waals surface area contributed by atoms with Gasteiger partial charge in [0.1, 0.15) is 5.69 Å². The second-order valence-corrected chi connectivity index (χ2v) is 7.09. The number of aromatic amines is 1. The number of carboxylic acid groups (broad SMARTS) is 1. The topological polar surface area (TPSA) is 73.4 Å². The van der Waals surface area contributed by atoms with E-state index in [1.54, 1.807) is 23.1 Å². The van der Waals surface area contributed by atoms with Gasteiger partial charge in [0.05, 0.1) is 5.41 Å². The van der Waals surface area contributed by atoms with E-state index >= 15 is 0 Å². The lowest BCUT2D eigenvalue weighted by Gasteiger charge is -2.23. The lowest BCUT2D eigenvalue weighted by atomic mass is 9.81. The molecule has 23 heavy (non-hydrogen) atoms. The smallest absolute Gasteiger partial charge is 0.311 e. The summed E-state index contributed by atoms with van der Waals surface area (Å²) in [6, 6.07) is 7.23. The Balaban J connectivity index is 1.63. The van der Waals surface area contributed by atoms with Crippen LogP contribution in [0.15, 0.2) is 24.3 Å². The van der Waals surface area contributed by atoms with E-state index in [9.17, 15) is 14.7 Å². The van der Waals surface area contributed by atoms with E-state index in [0.29, 0.717) is 30.2 Å². The summed E-state index contributed by atoms with van der Waals surface area (Å²) in [7, 11) is 0. The summed E-state index contributed by atoms with van der Waals surface area (Å²) < 4.78 is 0. The number of amides is 1. The number of benzene rings is 1. The van der Waals surface area contributed by atoms with Crippen molar-refractivity contribution < 1.29 is 14.7 Å². The van der Waals surface area contributed by atoms with Crippen molar-refractivity contribution >= 4 is 34.4 Å². The van der Waals surface area contributed by atoms with Crippen molar-refractivity contribution in [2.45, 2.75) is 19.3 Å². The minimum atomic E-state index is -0.765. The molecule has 5 nitrogen and oxygen atoms in total. The molecule has 2 N–H and O–H groups in total. The first-order valence-electron chi connectivity index (χ1n) is 7.80. The van der Waals surface area contributed by atoms with Crippen molar-refractivity contribution in [1.29, 1.82) is 0 Å². The van der Waals surface area contributed by atoms with Gasteiger partial charge in [-0.3, -0.25) is 9.59 Å². The summed E-state index contributed by atoms with van der Waals surface area (Å²) in [6.45, 7) is 0.837. The van der Waals surface area contributed by atoms with Crippen molar-refractivity contribution in [3.8, 4) is 0 Å². The summed E-state index contributed by atoms with van der Waals surface area (Å²) in [4.78, 5) is 29.3. The molecule has 2 atom stereocenters. The van der Waals surface area contributed by atoms with Gasteiger partial charge in [-0.1, -0.05) is 24.1 Å². The zero-order chi connectivity index (χ0) is 16.2. The average Bonchev–Trinajstić information content (AvgIpc) is 3.17. The number of nitrogens with one attached hydrogen (secondary N) is 1. The number of H-pyrrole nitrogens is 1. The number of hydrogen-bond donors (Lipinski definition) is 2. The molecule has 6 heteroatoms. The molecule has 1 aliphatic carbocycles. The maximum Gasteiger partial charge on any atom is 0.311 e. The van der Waals surface area contributed by atoms with Crippen LogP contribution in [0.5, 0.6) is 0 Å². The standard InChI is InChI=1S/C17H17ClN2O3/c18-12-4-3-10-6-14(19-13(10)7-12)15(21)20-8-11-2-1-5-17(11,9-20)16(22)23/h3-4,6-7,11,19H,1-2,5,8-9H2,(H,22,23)/t11-,17+/m0/s1. The van der Waals surface area contributed by atoms with Crippen molar-refractivity contribution in [1.82, 2.24) is 9.88 Å². The van der Waals surface area contributed by atoms with Crippen molar-refractivity contribution in [2.75, 3.05) is 13.1 Å². The number of fused-ring (bicyclic) bond motifs is 2. The SMILES string of the molecule is O=C(c1cc2ccc(Cl)cc2[nH]1)N1C[C@@H]2CCC[C@@]2(C(=O)O)C1. The molecule has 0 bridgehead atoms. The second kappa shape index (κ2) is 4.99. The summed E-state index contributed by atoms with van der Waals surface area (Å²) in [6.07, 6.45) is 2.49. The van der Waals surface area contributed by atoms with Gasteiger partial charge >= 0.3 is 5.97 Å². The molecule has 0 spiro atoms. The number of halogens is 1. The number of aromatic nitrogens is 1. The average molecular weight is 333 g/mol. The van der Waals surface area contributed by atoms with Gasteiger partial charge in [-0.2, -0.15) is 0 Å². The van der Waals surface area contributed by atoms with Gasteiger partial charge in [-0.15, -0.1) is 0 Å². The van der Waals surface area contributed by atoms with Crippen LogP contribution >= 0.6 is 11.6 Å². The highest BCUT2D eigenvalue weighted by atomic mass is 35.5. The zero-order valence-corrected chi connectivity index (χ0v) is 13.3. The molecule has 4 rings (SSSR count). The Labute approximate surface area is 138 Å². The third-order valence-electron chi connectivity index (χ3n) is 5.40. The maximum atomic E-state index is 12.8. The van der Waals surface area contributed by atoms with E-state index < -0.39 is 11.4 Å². The van der Waals surface area contributed by atoms with Crippen LogP contribution in [0.4, 0.5) is 0 Å². The molecule has 0 unspecified atom stereocenters. The number of aliphatic carboxylic acids is 1. The first kappa shape index (κ1) is 14.6. The van der Waals surface area contributed by atoms with Gasteiger partial charge in [-0.05, 0) is 37.0 Å². The third-order valence-corrected chi connectivity index (χ3v) is 5.63. The Morgan fingerprint density at radius 3 is 2.91 bits per heavy atom. The van der Waals surface area contributed by atoms with E-state index in [1.807, 2.05) is 6.07 Å². The molecular formula is C17H17ClN2O3. The summed E-state index contributed by atoms with van der Waals surface area (Å²) >= 11 is 5.97. The van der Waals surface area contributed by atoms with Gasteiger partial charge in [0.2, 0.25) is 0 Å². The molecule has 1 saturated heterocycles. The van der Waals surface area contributed by atoms with E-state index in [-0.39, 0.29) is 11.8 Å². The Morgan fingerprint density at radius 2 is 2.17 bits per heavy atom. The van der Waals surface area contributed by atoms with Crippen LogP contribution < -0.4 is 0 Å². The highest BCUT2D eigenvalue weighted by Gasteiger charge is 2.55. The molecular weight excluding hydrogens is 316 g/mol. The van der Waals surface area contributed by atoms with Crippen LogP contribution in [0.25, 0.3) is 10.9 Å². The molecule has 1 amide bonds. The Hall–Kier alpha value is -2.01. The largest absolute Gasteiger partial charge is 0.481 e. The molecule has 1 saturated carbocycles. The molecule has 2 fully saturated rings. The highest BCUT2D eigenvalue weighted by Crippen LogP contribution is 2.49. The number of hydrogen-bond acceptors (Lipinski definition) is 2. The maximum absolute atomic E-state index is 12.8. The van der Waals surface area contributed by atoms with Crippen LogP contribution in [0.3, 0.4) is 0 Å². The van der Waals surface area contributed by atoms with Crippen molar-refractivity contribution in [2.24, 2.45) is 11.3 Å². The fourth-order valence-corrected chi connectivity index (χ4v) is 4.35. The zero-order valence-electron chi connectivity index (χ0n) is 12.5. The quantitative estimate of drug-likeness (QED) is 0.887. The Morgan fingerprint density at radius 1 is 1.35 bits per heavy atom. The molecule has 1 aliphatic heterocycles. The molecule has 2 heterocycles. The van der Waals surface area contributed by atoms with Gasteiger partial charge in [0.15, 0.2) is 0 Å². The molecule has 120 valence electrons. The summed E-state index contributed by atoms with van der Waals surface area (Å²) in [5, 5.41) is 11.2. The Bertz CT molecular complexity index is 815. The first-order chi connectivity index (χ1) is 11.0. The fourth-order valence-electron chi connectivity index (χ4n) is 4.18. The number of carbonyl (C=O) groups is 2. The van der Waals surface area contributed by atoms with Gasteiger partial charge in [0.25, 0.3) is 5.91 Å².